The van der Waals surface area contributed by atoms with Crippen molar-refractivity contribution in [3.05, 3.63) is 84.4 Å². The van der Waals surface area contributed by atoms with Gasteiger partial charge < -0.3 is 21.5 Å². The summed E-state index contributed by atoms with van der Waals surface area (Å²) in [6.07, 6.45) is 3.21. The van der Waals surface area contributed by atoms with Gasteiger partial charge in [-0.3, -0.25) is 4.79 Å². The summed E-state index contributed by atoms with van der Waals surface area (Å²) in [5.74, 6) is 0.971. The highest BCUT2D eigenvalue weighted by Crippen LogP contribution is 2.28. The molecule has 3 rings (SSSR count). The average Bonchev–Trinajstić information content (AvgIpc) is 2.65. The van der Waals surface area contributed by atoms with Crippen molar-refractivity contribution in [1.82, 2.24) is 0 Å². The number of nitrogen functional groups attached to an aromatic ring is 2. The molecule has 0 heterocycles. The second-order valence-corrected chi connectivity index (χ2v) is 5.65. The molecule has 3 aromatic rings. The first-order valence-corrected chi connectivity index (χ1v) is 8.07. The van der Waals surface area contributed by atoms with E-state index < -0.39 is 0 Å². The largest absolute Gasteiger partial charge is 0.457 e. The predicted octanol–water partition coefficient (Wildman–Crippen LogP) is 4.30. The molecule has 0 aliphatic carbocycles. The minimum atomic E-state index is -0.257. The van der Waals surface area contributed by atoms with Gasteiger partial charge in [0.1, 0.15) is 11.5 Å². The van der Waals surface area contributed by atoms with Crippen molar-refractivity contribution in [2.75, 3.05) is 16.8 Å². The number of rotatable bonds is 5. The Morgan fingerprint density at radius 1 is 0.885 bits per heavy atom. The van der Waals surface area contributed by atoms with Crippen molar-refractivity contribution in [3.63, 3.8) is 0 Å². The third-order valence-corrected chi connectivity index (χ3v) is 3.62. The van der Waals surface area contributed by atoms with Crippen molar-refractivity contribution >= 4 is 29.0 Å². The number of hydrogen-bond acceptors (Lipinski definition) is 4. The third kappa shape index (κ3) is 4.64. The number of ether oxygens (including phenoxy) is 1. The summed E-state index contributed by atoms with van der Waals surface area (Å²) in [5.41, 5.74) is 14.2. The molecular formula is C21H19N3O2. The molecule has 0 unspecified atom stereocenters. The molecule has 1 amide bonds. The van der Waals surface area contributed by atoms with E-state index in [0.717, 1.165) is 5.56 Å². The van der Waals surface area contributed by atoms with Crippen LogP contribution in [-0.2, 0) is 4.79 Å². The van der Waals surface area contributed by atoms with Crippen LogP contribution < -0.4 is 21.5 Å². The lowest BCUT2D eigenvalue weighted by Gasteiger charge is -2.10. The number of benzene rings is 3. The molecule has 0 aliphatic heterocycles. The van der Waals surface area contributed by atoms with E-state index in [1.165, 1.54) is 6.08 Å². The molecule has 0 fully saturated rings. The fourth-order valence-corrected chi connectivity index (χ4v) is 2.30. The molecule has 0 atom stereocenters. The summed E-state index contributed by atoms with van der Waals surface area (Å²) < 4.78 is 5.72. The fraction of sp³-hybridized carbons (Fsp3) is 0. The van der Waals surface area contributed by atoms with Crippen LogP contribution in [0.2, 0.25) is 0 Å². The zero-order valence-corrected chi connectivity index (χ0v) is 14.1. The molecule has 5 heteroatoms. The van der Waals surface area contributed by atoms with Crippen molar-refractivity contribution in [2.45, 2.75) is 0 Å². The number of hydrogen-bond donors (Lipinski definition) is 3. The lowest BCUT2D eigenvalue weighted by Crippen LogP contribution is -2.09. The highest BCUT2D eigenvalue weighted by Gasteiger charge is 2.05. The average molecular weight is 345 g/mol. The van der Waals surface area contributed by atoms with Crippen molar-refractivity contribution in [3.8, 4) is 11.5 Å². The summed E-state index contributed by atoms with van der Waals surface area (Å²) in [5, 5.41) is 2.76. The summed E-state index contributed by atoms with van der Waals surface area (Å²) in [6.45, 7) is 0. The molecule has 26 heavy (non-hydrogen) atoms. The van der Waals surface area contributed by atoms with Crippen molar-refractivity contribution < 1.29 is 9.53 Å². The van der Waals surface area contributed by atoms with E-state index in [1.807, 2.05) is 30.3 Å². The number of anilines is 3. The summed E-state index contributed by atoms with van der Waals surface area (Å²) in [6, 6.07) is 21.7. The predicted molar refractivity (Wildman–Crippen MR) is 106 cm³/mol. The smallest absolute Gasteiger partial charge is 0.248 e. The minimum Gasteiger partial charge on any atom is -0.457 e. The molecule has 0 saturated carbocycles. The van der Waals surface area contributed by atoms with Gasteiger partial charge in [-0.05, 0) is 48.0 Å². The van der Waals surface area contributed by atoms with Crippen LogP contribution in [0.4, 0.5) is 17.1 Å². The standard InChI is InChI=1S/C21H19N3O2/c22-16-7-9-17(10-8-16)26-18-11-12-20(19(23)14-18)24-21(25)13-6-15-4-2-1-3-5-15/h1-14H,22-23H2,(H,24,25). The Morgan fingerprint density at radius 3 is 2.27 bits per heavy atom. The molecule has 5 N–H and O–H groups in total. The Kier molecular flexibility index (Phi) is 5.19. The fourth-order valence-electron chi connectivity index (χ4n) is 2.30. The van der Waals surface area contributed by atoms with Crippen LogP contribution in [0, 0.1) is 0 Å². The Bertz CT molecular complexity index is 920. The molecular weight excluding hydrogens is 326 g/mol. The highest BCUT2D eigenvalue weighted by atomic mass is 16.5. The van der Waals surface area contributed by atoms with Crippen LogP contribution in [-0.4, -0.2) is 5.91 Å². The number of nitrogens with two attached hydrogens (primary N) is 2. The Hall–Kier alpha value is -3.73. The molecule has 3 aromatic carbocycles. The maximum absolute atomic E-state index is 12.0. The van der Waals surface area contributed by atoms with Gasteiger partial charge in [-0.2, -0.15) is 0 Å². The van der Waals surface area contributed by atoms with E-state index in [1.54, 1.807) is 48.5 Å². The van der Waals surface area contributed by atoms with Crippen LogP contribution in [0.5, 0.6) is 11.5 Å². The Balaban J connectivity index is 1.64. The lowest BCUT2D eigenvalue weighted by atomic mass is 10.2. The molecule has 0 spiro atoms. The van der Waals surface area contributed by atoms with E-state index in [4.69, 9.17) is 16.2 Å². The molecule has 0 bridgehead atoms. The van der Waals surface area contributed by atoms with Crippen molar-refractivity contribution in [1.29, 1.82) is 0 Å². The molecule has 0 aromatic heterocycles. The number of carbonyl (C=O) groups excluding carboxylic acids is 1. The summed E-state index contributed by atoms with van der Waals surface area (Å²) >= 11 is 0. The number of nitrogens with one attached hydrogen (secondary N) is 1. The monoisotopic (exact) mass is 345 g/mol. The van der Waals surface area contributed by atoms with Crippen LogP contribution in [0.3, 0.4) is 0 Å². The summed E-state index contributed by atoms with van der Waals surface area (Å²) in [7, 11) is 0. The van der Waals surface area contributed by atoms with Crippen LogP contribution in [0.25, 0.3) is 6.08 Å². The van der Waals surface area contributed by atoms with Gasteiger partial charge >= 0.3 is 0 Å². The Morgan fingerprint density at radius 2 is 1.58 bits per heavy atom. The maximum Gasteiger partial charge on any atom is 0.248 e. The second-order valence-electron chi connectivity index (χ2n) is 5.65. The van der Waals surface area contributed by atoms with Crippen LogP contribution in [0.1, 0.15) is 5.56 Å². The first kappa shape index (κ1) is 17.1. The number of amides is 1. The molecule has 5 nitrogen and oxygen atoms in total. The minimum absolute atomic E-state index is 0.257. The third-order valence-electron chi connectivity index (χ3n) is 3.62. The zero-order chi connectivity index (χ0) is 18.4. The quantitative estimate of drug-likeness (QED) is 0.475. The SMILES string of the molecule is Nc1ccc(Oc2ccc(NC(=O)C=Cc3ccccc3)c(N)c2)cc1. The van der Waals surface area contributed by atoms with E-state index in [-0.39, 0.29) is 5.91 Å². The van der Waals surface area contributed by atoms with Gasteiger partial charge in [0.15, 0.2) is 0 Å². The van der Waals surface area contributed by atoms with Gasteiger partial charge in [-0.15, -0.1) is 0 Å². The molecule has 0 aliphatic rings. The summed E-state index contributed by atoms with van der Waals surface area (Å²) in [4.78, 5) is 12.0. The Labute approximate surface area is 151 Å². The van der Waals surface area contributed by atoms with Crippen LogP contribution >= 0.6 is 0 Å². The maximum atomic E-state index is 12.0. The van der Waals surface area contributed by atoms with Gasteiger partial charge in [-0.1, -0.05) is 30.3 Å². The van der Waals surface area contributed by atoms with Gasteiger partial charge in [0, 0.05) is 17.8 Å². The van der Waals surface area contributed by atoms with Gasteiger partial charge in [-0.25, -0.2) is 0 Å². The normalized spacial score (nSPS) is 10.6. The molecule has 0 saturated heterocycles. The van der Waals surface area contributed by atoms with Crippen LogP contribution in [0.15, 0.2) is 78.9 Å². The molecule has 130 valence electrons. The van der Waals surface area contributed by atoms with E-state index in [0.29, 0.717) is 28.6 Å². The topological polar surface area (TPSA) is 90.4 Å². The van der Waals surface area contributed by atoms with Gasteiger partial charge in [0.25, 0.3) is 0 Å². The van der Waals surface area contributed by atoms with E-state index in [9.17, 15) is 4.79 Å². The van der Waals surface area contributed by atoms with E-state index >= 15 is 0 Å². The zero-order valence-electron chi connectivity index (χ0n) is 14.1. The van der Waals surface area contributed by atoms with Gasteiger partial charge in [0.2, 0.25) is 5.91 Å². The van der Waals surface area contributed by atoms with E-state index in [2.05, 4.69) is 5.32 Å². The van der Waals surface area contributed by atoms with Gasteiger partial charge in [0.05, 0.1) is 11.4 Å². The first-order chi connectivity index (χ1) is 12.6. The van der Waals surface area contributed by atoms with Crippen molar-refractivity contribution in [2.24, 2.45) is 0 Å². The number of carbonyl (C=O) groups is 1. The lowest BCUT2D eigenvalue weighted by molar-refractivity contribution is -0.111. The highest BCUT2D eigenvalue weighted by molar-refractivity contribution is 6.03. The second kappa shape index (κ2) is 7.90. The first-order valence-electron chi connectivity index (χ1n) is 8.07. The molecule has 0 radical (unpaired) electrons.